The molecule has 1 aliphatic heterocycles. The van der Waals surface area contributed by atoms with Gasteiger partial charge in [0.15, 0.2) is 11.5 Å². The molecule has 3 amide bonds. The number of halogens is 1. The van der Waals surface area contributed by atoms with Crippen molar-refractivity contribution in [2.45, 2.75) is 13.5 Å². The molecule has 0 saturated carbocycles. The van der Waals surface area contributed by atoms with E-state index in [-0.39, 0.29) is 18.0 Å². The predicted molar refractivity (Wildman–Crippen MR) is 112 cm³/mol. The van der Waals surface area contributed by atoms with E-state index in [0.29, 0.717) is 29.2 Å². The van der Waals surface area contributed by atoms with E-state index in [1.807, 2.05) is 6.92 Å². The molecule has 29 heavy (non-hydrogen) atoms. The topological polar surface area (TPSA) is 120 Å². The van der Waals surface area contributed by atoms with Crippen molar-refractivity contribution in [3.63, 3.8) is 0 Å². The highest BCUT2D eigenvalue weighted by Gasteiger charge is 2.23. The minimum Gasteiger partial charge on any atom is -0.490 e. The lowest BCUT2D eigenvalue weighted by molar-refractivity contribution is -0.384. The molecule has 3 rings (SSSR count). The van der Waals surface area contributed by atoms with Crippen molar-refractivity contribution in [2.24, 2.45) is 0 Å². The van der Waals surface area contributed by atoms with Gasteiger partial charge in [0.25, 0.3) is 11.6 Å². The zero-order valence-corrected chi connectivity index (χ0v) is 17.4. The maximum absolute atomic E-state index is 11.7. The number of carbonyl (C=O) groups excluding carboxylic acids is 2. The monoisotopic (exact) mass is 509 g/mol. The zero-order valence-electron chi connectivity index (χ0n) is 15.2. The maximum Gasteiger partial charge on any atom is 0.326 e. The summed E-state index contributed by atoms with van der Waals surface area (Å²) in [5.74, 6) is 0.441. The van der Waals surface area contributed by atoms with E-state index in [0.717, 1.165) is 3.57 Å². The molecule has 0 aromatic heterocycles. The molecule has 0 bridgehead atoms. The van der Waals surface area contributed by atoms with E-state index in [9.17, 15) is 19.7 Å². The first-order valence-electron chi connectivity index (χ1n) is 8.54. The summed E-state index contributed by atoms with van der Waals surface area (Å²) in [6, 6.07) is 9.10. The summed E-state index contributed by atoms with van der Waals surface area (Å²) >= 11 is 2.08. The quantitative estimate of drug-likeness (QED) is 0.194. The van der Waals surface area contributed by atoms with Crippen molar-refractivity contribution in [3.05, 3.63) is 66.9 Å². The lowest BCUT2D eigenvalue weighted by atomic mass is 10.1. The first-order valence-corrected chi connectivity index (χ1v) is 9.61. The second-order valence-corrected chi connectivity index (χ2v) is 7.11. The molecule has 0 spiro atoms. The van der Waals surface area contributed by atoms with Crippen molar-refractivity contribution in [2.75, 3.05) is 6.61 Å². The SMILES string of the molecule is CCOc1cc(/C=C2\NC(=O)NC2=O)cc(I)c1OCc1cccc([N+](=O)[O-])c1. The van der Waals surface area contributed by atoms with E-state index in [4.69, 9.17) is 9.47 Å². The van der Waals surface area contributed by atoms with Crippen LogP contribution in [0, 0.1) is 13.7 Å². The summed E-state index contributed by atoms with van der Waals surface area (Å²) in [5.41, 5.74) is 1.42. The van der Waals surface area contributed by atoms with Crippen LogP contribution in [0.25, 0.3) is 6.08 Å². The van der Waals surface area contributed by atoms with Crippen LogP contribution in [0.15, 0.2) is 42.1 Å². The fraction of sp³-hybridized carbons (Fsp3) is 0.158. The van der Waals surface area contributed by atoms with Gasteiger partial charge in [-0.05, 0) is 58.9 Å². The molecule has 1 fully saturated rings. The third-order valence-corrected chi connectivity index (χ3v) is 4.67. The zero-order chi connectivity index (χ0) is 21.0. The van der Waals surface area contributed by atoms with Gasteiger partial charge in [-0.25, -0.2) is 4.79 Å². The van der Waals surface area contributed by atoms with Crippen LogP contribution in [0.5, 0.6) is 11.5 Å². The number of nitro benzene ring substituents is 1. The molecule has 0 unspecified atom stereocenters. The minimum absolute atomic E-state index is 0.00955. The largest absolute Gasteiger partial charge is 0.490 e. The van der Waals surface area contributed by atoms with Gasteiger partial charge < -0.3 is 14.8 Å². The summed E-state index contributed by atoms with van der Waals surface area (Å²) in [6.45, 7) is 2.34. The number of hydrogen-bond donors (Lipinski definition) is 2. The Labute approximate surface area is 179 Å². The Hall–Kier alpha value is -3.15. The first kappa shape index (κ1) is 20.6. The highest BCUT2D eigenvalue weighted by atomic mass is 127. The lowest BCUT2D eigenvalue weighted by Gasteiger charge is -2.15. The summed E-state index contributed by atoms with van der Waals surface area (Å²) in [5, 5.41) is 15.5. The van der Waals surface area contributed by atoms with Crippen LogP contribution in [0.2, 0.25) is 0 Å². The number of urea groups is 1. The normalized spacial score (nSPS) is 14.5. The molecule has 150 valence electrons. The van der Waals surface area contributed by atoms with Crippen molar-refractivity contribution < 1.29 is 24.0 Å². The molecular formula is C19H16IN3O6. The van der Waals surface area contributed by atoms with Crippen molar-refractivity contribution in [3.8, 4) is 11.5 Å². The number of ether oxygens (including phenoxy) is 2. The Bertz CT molecular complexity index is 1020. The number of nitrogens with zero attached hydrogens (tertiary/aromatic N) is 1. The fourth-order valence-electron chi connectivity index (χ4n) is 2.64. The van der Waals surface area contributed by atoms with Crippen molar-refractivity contribution in [1.82, 2.24) is 10.6 Å². The van der Waals surface area contributed by atoms with Gasteiger partial charge in [0, 0.05) is 12.1 Å². The van der Waals surface area contributed by atoms with Crippen LogP contribution in [0.3, 0.4) is 0 Å². The summed E-state index contributed by atoms with van der Waals surface area (Å²) < 4.78 is 12.3. The van der Waals surface area contributed by atoms with E-state index in [2.05, 4.69) is 33.2 Å². The van der Waals surface area contributed by atoms with E-state index in [1.165, 1.54) is 18.2 Å². The molecule has 9 nitrogen and oxygen atoms in total. The molecule has 2 N–H and O–H groups in total. The van der Waals surface area contributed by atoms with Gasteiger partial charge in [-0.15, -0.1) is 0 Å². The Balaban J connectivity index is 1.86. The number of nitrogens with one attached hydrogen (secondary N) is 2. The fourth-order valence-corrected chi connectivity index (χ4v) is 3.42. The average Bonchev–Trinajstić information content (AvgIpc) is 2.98. The summed E-state index contributed by atoms with van der Waals surface area (Å²) in [6.07, 6.45) is 1.54. The van der Waals surface area contributed by atoms with Crippen LogP contribution in [0.1, 0.15) is 18.1 Å². The third kappa shape index (κ3) is 5.02. The van der Waals surface area contributed by atoms with Gasteiger partial charge in [0.2, 0.25) is 0 Å². The van der Waals surface area contributed by atoms with Crippen molar-refractivity contribution in [1.29, 1.82) is 0 Å². The van der Waals surface area contributed by atoms with Crippen molar-refractivity contribution >= 4 is 46.3 Å². The summed E-state index contributed by atoms with van der Waals surface area (Å²) in [7, 11) is 0. The second kappa shape index (κ2) is 8.90. The van der Waals surface area contributed by atoms with Gasteiger partial charge in [-0.2, -0.15) is 0 Å². The Morgan fingerprint density at radius 1 is 1.17 bits per heavy atom. The van der Waals surface area contributed by atoms with E-state index >= 15 is 0 Å². The number of benzene rings is 2. The third-order valence-electron chi connectivity index (χ3n) is 3.87. The predicted octanol–water partition coefficient (Wildman–Crippen LogP) is 3.36. The highest BCUT2D eigenvalue weighted by molar-refractivity contribution is 14.1. The number of imide groups is 1. The average molecular weight is 509 g/mol. The number of hydrogen-bond acceptors (Lipinski definition) is 6. The standard InChI is InChI=1S/C19H16IN3O6/c1-2-28-16-9-12(8-15-18(24)22-19(25)21-15)7-14(20)17(16)29-10-11-4-3-5-13(6-11)23(26)27/h3-9H,2,10H2,1H3,(H2,21,22,24,25)/b15-8-. The lowest BCUT2D eigenvalue weighted by Crippen LogP contribution is -2.22. The first-order chi connectivity index (χ1) is 13.9. The smallest absolute Gasteiger partial charge is 0.326 e. The van der Waals surface area contributed by atoms with Gasteiger partial charge in [0.05, 0.1) is 15.1 Å². The van der Waals surface area contributed by atoms with E-state index in [1.54, 1.807) is 24.3 Å². The molecule has 2 aromatic carbocycles. The molecule has 0 atom stereocenters. The molecule has 2 aromatic rings. The molecule has 1 aliphatic rings. The minimum atomic E-state index is -0.571. The Kier molecular flexibility index (Phi) is 6.32. The van der Waals surface area contributed by atoms with Gasteiger partial charge >= 0.3 is 6.03 Å². The molecule has 0 radical (unpaired) electrons. The molecule has 1 heterocycles. The second-order valence-electron chi connectivity index (χ2n) is 5.94. The van der Waals surface area contributed by atoms with Crippen LogP contribution in [-0.4, -0.2) is 23.5 Å². The number of carbonyl (C=O) groups is 2. The number of nitro groups is 1. The summed E-state index contributed by atoms with van der Waals surface area (Å²) in [4.78, 5) is 33.4. The van der Waals surface area contributed by atoms with Crippen LogP contribution < -0.4 is 20.1 Å². The Morgan fingerprint density at radius 3 is 2.62 bits per heavy atom. The molecule has 10 heteroatoms. The maximum atomic E-state index is 11.7. The van der Waals surface area contributed by atoms with Gasteiger partial charge in [0.1, 0.15) is 12.3 Å². The number of rotatable bonds is 7. The van der Waals surface area contributed by atoms with E-state index < -0.39 is 16.9 Å². The number of non-ortho nitro benzene ring substituents is 1. The Morgan fingerprint density at radius 2 is 1.97 bits per heavy atom. The van der Waals surface area contributed by atoms with Crippen LogP contribution in [0.4, 0.5) is 10.5 Å². The van der Waals surface area contributed by atoms with Crippen LogP contribution in [-0.2, 0) is 11.4 Å². The molecular weight excluding hydrogens is 493 g/mol. The molecule has 0 aliphatic carbocycles. The van der Waals surface area contributed by atoms with Crippen LogP contribution >= 0.6 is 22.6 Å². The number of amides is 3. The van der Waals surface area contributed by atoms with Gasteiger partial charge in [-0.3, -0.25) is 20.2 Å². The molecule has 1 saturated heterocycles. The van der Waals surface area contributed by atoms with Gasteiger partial charge in [-0.1, -0.05) is 12.1 Å². The highest BCUT2D eigenvalue weighted by Crippen LogP contribution is 2.35.